The molecule has 0 spiro atoms. The number of thioether (sulfide) groups is 1. The van der Waals surface area contributed by atoms with Crippen LogP contribution in [0.1, 0.15) is 34.5 Å². The molecule has 1 heterocycles. The molecule has 0 saturated carbocycles. The monoisotopic (exact) mass is 391 g/mol. The molecule has 1 aliphatic heterocycles. The van der Waals surface area contributed by atoms with E-state index in [-0.39, 0.29) is 11.2 Å². The first-order chi connectivity index (χ1) is 12.9. The maximum absolute atomic E-state index is 14.0. The first kappa shape index (κ1) is 19.4. The number of carbonyl (C=O) groups excluding carboxylic acids is 2. The van der Waals surface area contributed by atoms with Crippen LogP contribution in [0.25, 0.3) is 0 Å². The fourth-order valence-electron chi connectivity index (χ4n) is 3.00. The van der Waals surface area contributed by atoms with E-state index in [1.54, 1.807) is 29.2 Å². The Morgan fingerprint density at radius 3 is 2.56 bits per heavy atom. The molecule has 1 fully saturated rings. The van der Waals surface area contributed by atoms with Gasteiger partial charge in [0, 0.05) is 42.1 Å². The highest BCUT2D eigenvalue weighted by Crippen LogP contribution is 2.36. The quantitative estimate of drug-likeness (QED) is 0.581. The van der Waals surface area contributed by atoms with Crippen molar-refractivity contribution in [2.75, 3.05) is 18.8 Å². The summed E-state index contributed by atoms with van der Waals surface area (Å²) in [6, 6.07) is 9.86. The summed E-state index contributed by atoms with van der Waals surface area (Å²) < 4.78 is 32.5. The molecule has 0 N–H and O–H groups in total. The number of esters is 1. The third kappa shape index (κ3) is 4.86. The van der Waals surface area contributed by atoms with Crippen LogP contribution in [-0.2, 0) is 4.79 Å². The second-order valence-corrected chi connectivity index (χ2v) is 7.53. The van der Waals surface area contributed by atoms with Crippen LogP contribution in [0, 0.1) is 11.6 Å². The number of ether oxygens (including phenoxy) is 1. The van der Waals surface area contributed by atoms with Crippen LogP contribution in [0.4, 0.5) is 8.78 Å². The molecule has 0 radical (unpaired) electrons. The van der Waals surface area contributed by atoms with Gasteiger partial charge in [0.25, 0.3) is 5.91 Å². The second kappa shape index (κ2) is 8.52. The minimum atomic E-state index is -0.461. The van der Waals surface area contributed by atoms with Crippen molar-refractivity contribution < 1.29 is 23.1 Å². The molecule has 7 heteroatoms. The van der Waals surface area contributed by atoms with E-state index >= 15 is 0 Å². The highest BCUT2D eigenvalue weighted by atomic mass is 32.2. The van der Waals surface area contributed by atoms with Gasteiger partial charge in [-0.25, -0.2) is 8.78 Å². The first-order valence-electron chi connectivity index (χ1n) is 8.58. The Morgan fingerprint density at radius 2 is 1.85 bits per heavy atom. The number of benzene rings is 2. The molecular formula is C20H19F2NO3S. The third-order valence-electron chi connectivity index (χ3n) is 4.30. The standard InChI is InChI=1S/C20H19F2NO3S/c1-13(24)26-16-5-2-14(3-6-16)20(25)23-9-8-19(27-11-10-23)17-12-15(21)4-7-18(17)22/h2-7,12,19H,8-11H2,1H3. The van der Waals surface area contributed by atoms with Crippen LogP contribution in [0.3, 0.4) is 0 Å². The van der Waals surface area contributed by atoms with Gasteiger partial charge in [0.05, 0.1) is 0 Å². The normalized spacial score (nSPS) is 17.3. The molecule has 1 saturated heterocycles. The topological polar surface area (TPSA) is 46.6 Å². The second-order valence-electron chi connectivity index (χ2n) is 6.22. The van der Waals surface area contributed by atoms with Crippen molar-refractivity contribution in [2.24, 2.45) is 0 Å². The van der Waals surface area contributed by atoms with Crippen LogP contribution in [-0.4, -0.2) is 35.6 Å². The molecule has 3 rings (SSSR count). The molecule has 0 bridgehead atoms. The van der Waals surface area contributed by atoms with E-state index in [0.29, 0.717) is 42.1 Å². The number of hydrogen-bond acceptors (Lipinski definition) is 4. The SMILES string of the molecule is CC(=O)Oc1ccc(C(=O)N2CCSC(c3cc(F)ccc3F)CC2)cc1. The van der Waals surface area contributed by atoms with Gasteiger partial charge < -0.3 is 9.64 Å². The molecule has 2 aromatic rings. The van der Waals surface area contributed by atoms with Crippen molar-refractivity contribution in [1.29, 1.82) is 0 Å². The van der Waals surface area contributed by atoms with Crippen LogP contribution < -0.4 is 4.74 Å². The Morgan fingerprint density at radius 1 is 1.11 bits per heavy atom. The van der Waals surface area contributed by atoms with Crippen LogP contribution >= 0.6 is 11.8 Å². The smallest absolute Gasteiger partial charge is 0.308 e. The highest BCUT2D eigenvalue weighted by Gasteiger charge is 2.25. The Kier molecular flexibility index (Phi) is 6.11. The van der Waals surface area contributed by atoms with Gasteiger partial charge in [-0.15, -0.1) is 0 Å². The van der Waals surface area contributed by atoms with Gasteiger partial charge in [0.1, 0.15) is 17.4 Å². The van der Waals surface area contributed by atoms with E-state index in [0.717, 1.165) is 12.1 Å². The van der Waals surface area contributed by atoms with Gasteiger partial charge in [0.15, 0.2) is 0 Å². The first-order valence-corrected chi connectivity index (χ1v) is 9.63. The molecule has 2 aromatic carbocycles. The minimum Gasteiger partial charge on any atom is -0.427 e. The van der Waals surface area contributed by atoms with Gasteiger partial charge in [-0.2, -0.15) is 11.8 Å². The van der Waals surface area contributed by atoms with E-state index in [1.807, 2.05) is 0 Å². The Balaban J connectivity index is 1.67. The number of amides is 1. The van der Waals surface area contributed by atoms with E-state index in [4.69, 9.17) is 4.74 Å². The lowest BCUT2D eigenvalue weighted by Gasteiger charge is -2.20. The maximum atomic E-state index is 14.0. The predicted octanol–water partition coefficient (Wildman–Crippen LogP) is 4.21. The number of rotatable bonds is 3. The van der Waals surface area contributed by atoms with Crippen molar-refractivity contribution in [1.82, 2.24) is 4.90 Å². The van der Waals surface area contributed by atoms with Gasteiger partial charge in [-0.1, -0.05) is 0 Å². The molecule has 4 nitrogen and oxygen atoms in total. The largest absolute Gasteiger partial charge is 0.427 e. The van der Waals surface area contributed by atoms with Crippen LogP contribution in [0.15, 0.2) is 42.5 Å². The van der Waals surface area contributed by atoms with Crippen LogP contribution in [0.5, 0.6) is 5.75 Å². The van der Waals surface area contributed by atoms with E-state index in [2.05, 4.69) is 0 Å². The molecule has 0 aromatic heterocycles. The minimum absolute atomic E-state index is 0.134. The van der Waals surface area contributed by atoms with Gasteiger partial charge >= 0.3 is 5.97 Å². The zero-order chi connectivity index (χ0) is 19.4. The summed E-state index contributed by atoms with van der Waals surface area (Å²) in [6.45, 7) is 2.30. The van der Waals surface area contributed by atoms with E-state index in [1.165, 1.54) is 24.8 Å². The average Bonchev–Trinajstić information content (AvgIpc) is 2.89. The summed E-state index contributed by atoms with van der Waals surface area (Å²) in [5, 5.41) is -0.190. The Hall–Kier alpha value is -2.41. The zero-order valence-electron chi connectivity index (χ0n) is 14.8. The molecule has 27 heavy (non-hydrogen) atoms. The summed E-state index contributed by atoms with van der Waals surface area (Å²) in [7, 11) is 0. The number of nitrogens with zero attached hydrogens (tertiary/aromatic N) is 1. The summed E-state index contributed by atoms with van der Waals surface area (Å²) in [6.07, 6.45) is 0.544. The number of hydrogen-bond donors (Lipinski definition) is 0. The number of carbonyl (C=O) groups is 2. The molecule has 142 valence electrons. The van der Waals surface area contributed by atoms with Crippen molar-refractivity contribution >= 4 is 23.6 Å². The molecule has 0 aliphatic carbocycles. The van der Waals surface area contributed by atoms with Crippen molar-refractivity contribution in [3.63, 3.8) is 0 Å². The zero-order valence-corrected chi connectivity index (χ0v) is 15.6. The fourth-order valence-corrected chi connectivity index (χ4v) is 4.24. The molecule has 1 aliphatic rings. The summed E-state index contributed by atoms with van der Waals surface area (Å²) in [5.41, 5.74) is 0.839. The van der Waals surface area contributed by atoms with Gasteiger partial charge in [0.2, 0.25) is 0 Å². The predicted molar refractivity (Wildman–Crippen MR) is 99.8 cm³/mol. The van der Waals surface area contributed by atoms with Crippen LogP contribution in [0.2, 0.25) is 0 Å². The lowest BCUT2D eigenvalue weighted by molar-refractivity contribution is -0.131. The summed E-state index contributed by atoms with van der Waals surface area (Å²) in [4.78, 5) is 25.4. The Bertz CT molecular complexity index is 842. The molecule has 1 unspecified atom stereocenters. The van der Waals surface area contributed by atoms with E-state index in [9.17, 15) is 18.4 Å². The Labute approximate surface area is 160 Å². The fraction of sp³-hybridized carbons (Fsp3) is 0.300. The summed E-state index contributed by atoms with van der Waals surface area (Å²) in [5.74, 6) is -0.420. The maximum Gasteiger partial charge on any atom is 0.308 e. The van der Waals surface area contributed by atoms with Gasteiger partial charge in [-0.3, -0.25) is 9.59 Å². The lowest BCUT2D eigenvalue weighted by Crippen LogP contribution is -2.32. The van der Waals surface area contributed by atoms with Crippen molar-refractivity contribution in [2.45, 2.75) is 18.6 Å². The number of halogens is 2. The highest BCUT2D eigenvalue weighted by molar-refractivity contribution is 7.99. The van der Waals surface area contributed by atoms with Crippen molar-refractivity contribution in [3.05, 3.63) is 65.2 Å². The molecule has 1 amide bonds. The third-order valence-corrected chi connectivity index (χ3v) is 5.61. The summed E-state index contributed by atoms with van der Waals surface area (Å²) >= 11 is 1.53. The van der Waals surface area contributed by atoms with Crippen molar-refractivity contribution in [3.8, 4) is 5.75 Å². The lowest BCUT2D eigenvalue weighted by atomic mass is 10.1. The van der Waals surface area contributed by atoms with E-state index < -0.39 is 17.6 Å². The average molecular weight is 391 g/mol. The molecule has 1 atom stereocenters. The molecular weight excluding hydrogens is 372 g/mol. The van der Waals surface area contributed by atoms with Gasteiger partial charge in [-0.05, 0) is 48.9 Å².